The summed E-state index contributed by atoms with van der Waals surface area (Å²) in [6.07, 6.45) is 5.37. The first-order chi connectivity index (χ1) is 7.90. The number of fused-ring (bicyclic) bond motifs is 1. The van der Waals surface area contributed by atoms with Crippen molar-refractivity contribution >= 4 is 10.8 Å². The molecular weight excluding hydrogens is 194 g/mol. The average Bonchev–Trinajstić information content (AvgIpc) is 2.34. The molecule has 0 saturated heterocycles. The molecule has 0 fully saturated rings. The molecular formula is C15H13N. The fraction of sp³-hybridized carbons (Fsp3) is 0.133. The lowest BCUT2D eigenvalue weighted by atomic mass is 10.0. The Morgan fingerprint density at radius 2 is 1.88 bits per heavy atom. The zero-order valence-corrected chi connectivity index (χ0v) is 9.06. The quantitative estimate of drug-likeness (QED) is 0.701. The molecule has 2 aromatic rings. The van der Waals surface area contributed by atoms with E-state index in [-0.39, 0.29) is 0 Å². The van der Waals surface area contributed by atoms with Crippen molar-refractivity contribution in [3.8, 4) is 6.07 Å². The second-order valence-corrected chi connectivity index (χ2v) is 3.75. The van der Waals surface area contributed by atoms with Crippen LogP contribution in [0, 0.1) is 11.3 Å². The molecule has 0 N–H and O–H groups in total. The predicted octanol–water partition coefficient (Wildman–Crippen LogP) is 3.85. The van der Waals surface area contributed by atoms with Crippen molar-refractivity contribution in [2.75, 3.05) is 0 Å². The van der Waals surface area contributed by atoms with Crippen molar-refractivity contribution in [1.29, 1.82) is 5.26 Å². The van der Waals surface area contributed by atoms with Gasteiger partial charge >= 0.3 is 0 Å². The monoisotopic (exact) mass is 207 g/mol. The van der Waals surface area contributed by atoms with Crippen LogP contribution in [0.3, 0.4) is 0 Å². The predicted molar refractivity (Wildman–Crippen MR) is 67.0 cm³/mol. The van der Waals surface area contributed by atoms with Gasteiger partial charge in [-0.2, -0.15) is 5.26 Å². The van der Waals surface area contributed by atoms with Gasteiger partial charge in [0.25, 0.3) is 0 Å². The van der Waals surface area contributed by atoms with Crippen LogP contribution in [-0.4, -0.2) is 0 Å². The minimum atomic E-state index is 0.923. The van der Waals surface area contributed by atoms with Gasteiger partial charge in [-0.3, -0.25) is 0 Å². The number of benzene rings is 2. The minimum Gasteiger partial charge on any atom is -0.193 e. The van der Waals surface area contributed by atoms with E-state index in [9.17, 15) is 0 Å². The highest BCUT2D eigenvalue weighted by molar-refractivity contribution is 5.82. The van der Waals surface area contributed by atoms with Crippen LogP contribution in [0.15, 0.2) is 54.6 Å². The molecule has 0 saturated carbocycles. The van der Waals surface area contributed by atoms with Crippen molar-refractivity contribution in [3.05, 3.63) is 60.2 Å². The third kappa shape index (κ3) is 2.49. The second kappa shape index (κ2) is 5.14. The van der Waals surface area contributed by atoms with Crippen molar-refractivity contribution < 1.29 is 0 Å². The van der Waals surface area contributed by atoms with E-state index in [2.05, 4.69) is 42.5 Å². The Balaban J connectivity index is 2.14. The number of hydrogen-bond acceptors (Lipinski definition) is 1. The Kier molecular flexibility index (Phi) is 3.35. The SMILES string of the molecule is N#C/C=C/CCc1ccc2ccccc2c1. The number of hydrogen-bond donors (Lipinski definition) is 0. The molecule has 1 heteroatoms. The van der Waals surface area contributed by atoms with Crippen LogP contribution in [0.4, 0.5) is 0 Å². The minimum absolute atomic E-state index is 0.923. The zero-order valence-electron chi connectivity index (χ0n) is 9.06. The van der Waals surface area contributed by atoms with E-state index in [0.717, 1.165) is 12.8 Å². The lowest BCUT2D eigenvalue weighted by molar-refractivity contribution is 1.00. The van der Waals surface area contributed by atoms with E-state index < -0.39 is 0 Å². The summed E-state index contributed by atoms with van der Waals surface area (Å²) in [6, 6.07) is 16.9. The average molecular weight is 207 g/mol. The maximum absolute atomic E-state index is 8.37. The van der Waals surface area contributed by atoms with Crippen LogP contribution in [0.5, 0.6) is 0 Å². The topological polar surface area (TPSA) is 23.8 Å². The smallest absolute Gasteiger partial charge is 0.0908 e. The van der Waals surface area contributed by atoms with Gasteiger partial charge in [0.1, 0.15) is 0 Å². The summed E-state index contributed by atoms with van der Waals surface area (Å²) in [7, 11) is 0. The zero-order chi connectivity index (χ0) is 11.2. The molecule has 0 heterocycles. The molecule has 0 atom stereocenters. The fourth-order valence-electron chi connectivity index (χ4n) is 1.78. The van der Waals surface area contributed by atoms with Crippen LogP contribution in [0.1, 0.15) is 12.0 Å². The summed E-state index contributed by atoms with van der Waals surface area (Å²) in [6.45, 7) is 0. The Morgan fingerprint density at radius 1 is 1.06 bits per heavy atom. The molecule has 2 rings (SSSR count). The Hall–Kier alpha value is -2.07. The van der Waals surface area contributed by atoms with E-state index in [1.165, 1.54) is 16.3 Å². The maximum atomic E-state index is 8.37. The number of nitriles is 1. The van der Waals surface area contributed by atoms with Crippen LogP contribution >= 0.6 is 0 Å². The largest absolute Gasteiger partial charge is 0.193 e. The van der Waals surface area contributed by atoms with E-state index >= 15 is 0 Å². The molecule has 0 aliphatic rings. The van der Waals surface area contributed by atoms with Gasteiger partial charge in [-0.25, -0.2) is 0 Å². The molecule has 0 spiro atoms. The summed E-state index contributed by atoms with van der Waals surface area (Å²) < 4.78 is 0. The van der Waals surface area contributed by atoms with Crippen LogP contribution in [-0.2, 0) is 6.42 Å². The van der Waals surface area contributed by atoms with Crippen LogP contribution < -0.4 is 0 Å². The Bertz CT molecular complexity index is 547. The Morgan fingerprint density at radius 3 is 2.69 bits per heavy atom. The van der Waals surface area contributed by atoms with Gasteiger partial charge in [-0.15, -0.1) is 0 Å². The molecule has 0 amide bonds. The van der Waals surface area contributed by atoms with Crippen molar-refractivity contribution in [2.45, 2.75) is 12.8 Å². The molecule has 16 heavy (non-hydrogen) atoms. The second-order valence-electron chi connectivity index (χ2n) is 3.75. The lowest BCUT2D eigenvalue weighted by Crippen LogP contribution is -1.83. The maximum Gasteiger partial charge on any atom is 0.0908 e. The van der Waals surface area contributed by atoms with Crippen LogP contribution in [0.2, 0.25) is 0 Å². The molecule has 0 aliphatic heterocycles. The van der Waals surface area contributed by atoms with Gasteiger partial charge < -0.3 is 0 Å². The molecule has 0 bridgehead atoms. The van der Waals surface area contributed by atoms with Crippen LogP contribution in [0.25, 0.3) is 10.8 Å². The molecule has 0 radical (unpaired) electrons. The van der Waals surface area contributed by atoms with Crippen molar-refractivity contribution in [3.63, 3.8) is 0 Å². The summed E-state index contributed by atoms with van der Waals surface area (Å²) in [5, 5.41) is 10.9. The normalized spacial score (nSPS) is 10.7. The van der Waals surface area contributed by atoms with E-state index in [0.29, 0.717) is 0 Å². The highest BCUT2D eigenvalue weighted by Gasteiger charge is 1.94. The summed E-state index contributed by atoms with van der Waals surface area (Å²) in [5.74, 6) is 0. The highest BCUT2D eigenvalue weighted by atomic mass is 14.2. The van der Waals surface area contributed by atoms with Gasteiger partial charge in [0, 0.05) is 6.08 Å². The number of aryl methyl sites for hydroxylation is 1. The first-order valence-corrected chi connectivity index (χ1v) is 5.42. The van der Waals surface area contributed by atoms with E-state index in [1.807, 2.05) is 12.1 Å². The number of rotatable bonds is 3. The lowest BCUT2D eigenvalue weighted by Gasteiger charge is -2.01. The molecule has 0 aromatic heterocycles. The third-order valence-corrected chi connectivity index (χ3v) is 2.61. The highest BCUT2D eigenvalue weighted by Crippen LogP contribution is 2.16. The first-order valence-electron chi connectivity index (χ1n) is 5.42. The third-order valence-electron chi connectivity index (χ3n) is 2.61. The Labute approximate surface area is 95.6 Å². The molecule has 78 valence electrons. The van der Waals surface area contributed by atoms with Gasteiger partial charge in [0.15, 0.2) is 0 Å². The first kappa shape index (κ1) is 10.4. The molecule has 2 aromatic carbocycles. The van der Waals surface area contributed by atoms with Crippen molar-refractivity contribution in [2.24, 2.45) is 0 Å². The summed E-state index contributed by atoms with van der Waals surface area (Å²) in [4.78, 5) is 0. The van der Waals surface area contributed by atoms with E-state index in [4.69, 9.17) is 5.26 Å². The van der Waals surface area contributed by atoms with Gasteiger partial charge in [0.2, 0.25) is 0 Å². The van der Waals surface area contributed by atoms with Gasteiger partial charge in [-0.05, 0) is 29.2 Å². The van der Waals surface area contributed by atoms with Gasteiger partial charge in [0.05, 0.1) is 6.07 Å². The van der Waals surface area contributed by atoms with Gasteiger partial charge in [-0.1, -0.05) is 48.5 Å². The molecule has 1 nitrogen and oxygen atoms in total. The molecule has 0 unspecified atom stereocenters. The number of allylic oxidation sites excluding steroid dienone is 2. The molecule has 0 aliphatic carbocycles. The number of nitrogens with zero attached hydrogens (tertiary/aromatic N) is 1. The summed E-state index contributed by atoms with van der Waals surface area (Å²) in [5.41, 5.74) is 1.32. The fourth-order valence-corrected chi connectivity index (χ4v) is 1.78. The standard InChI is InChI=1S/C15H13N/c16-11-5-1-2-6-13-9-10-14-7-3-4-8-15(14)12-13/h1,3-5,7-10,12H,2,6H2/b5-1+. The van der Waals surface area contributed by atoms with Crippen molar-refractivity contribution in [1.82, 2.24) is 0 Å². The summed E-state index contributed by atoms with van der Waals surface area (Å²) >= 11 is 0. The van der Waals surface area contributed by atoms with E-state index in [1.54, 1.807) is 6.08 Å².